The highest BCUT2D eigenvalue weighted by molar-refractivity contribution is 8.77. The SMILES string of the molecule is CC(C)C[C@H](NC(=O)CNC(=O)[C@H](CCCN=C(N)N)NC(=O)[C@H]1NC(=O)[C@H](Cc2ccccc2)NC(=O)CNC(=O)[C@@H](NC(=O)[C@@H](N)Cc2ccc(O)cc2)C(C)(C)SSC1(C)C)C(=O)O. The molecule has 0 aromatic heterocycles. The number of carbonyl (C=O) groups excluding carboxylic acids is 7. The number of nitrogens with zero attached hydrogens (tertiary/aromatic N) is 1. The lowest BCUT2D eigenvalue weighted by Crippen LogP contribution is -2.63. The van der Waals surface area contributed by atoms with E-state index in [1.807, 2.05) is 0 Å². The fourth-order valence-corrected chi connectivity index (χ4v) is 9.54. The standard InChI is InChI=1S/C44H65N11O10S2/c1-24(2)19-31(41(64)65)52-33(58)22-49-37(60)29(13-10-18-48-42(46)47)53-40(63)35-44(5,6)67-66-43(3,4)34(54-36(59)28(45)20-26-14-16-27(56)17-15-26)39(62)50-23-32(57)51-30(38(61)55-35)21-25-11-8-7-9-12-25/h7-9,11-12,14-17,24,28-31,34-35,56H,10,13,18-23,45H2,1-6H3,(H,49,60)(H,50,62)(H,51,57)(H,52,58)(H,53,63)(H,54,59)(H,55,61)(H,64,65)(H4,46,47,48)/t28-,29-,30-,31-,34+,35+/m0/s1. The minimum absolute atomic E-state index is 0.0224. The average molecular weight is 972 g/mol. The third kappa shape index (κ3) is 18.6. The number of carboxylic acid groups (broad SMARTS) is 1. The minimum Gasteiger partial charge on any atom is -0.508 e. The molecule has 6 atom stereocenters. The summed E-state index contributed by atoms with van der Waals surface area (Å²) in [6.07, 6.45) is 0.321. The van der Waals surface area contributed by atoms with Gasteiger partial charge in [-0.15, -0.1) is 0 Å². The molecule has 1 heterocycles. The number of phenols is 1. The summed E-state index contributed by atoms with van der Waals surface area (Å²) in [7, 11) is 2.22. The lowest BCUT2D eigenvalue weighted by molar-refractivity contribution is -0.142. The number of benzene rings is 2. The van der Waals surface area contributed by atoms with Crippen LogP contribution in [0.3, 0.4) is 0 Å². The van der Waals surface area contributed by atoms with Crippen molar-refractivity contribution in [3.8, 4) is 5.75 Å². The first-order chi connectivity index (χ1) is 31.4. The van der Waals surface area contributed by atoms with Gasteiger partial charge in [0.05, 0.1) is 19.1 Å². The van der Waals surface area contributed by atoms with Crippen molar-refractivity contribution >= 4 is 74.9 Å². The molecule has 15 N–H and O–H groups in total. The molecule has 67 heavy (non-hydrogen) atoms. The Morgan fingerprint density at radius 1 is 0.851 bits per heavy atom. The number of amides is 7. The summed E-state index contributed by atoms with van der Waals surface area (Å²) in [5, 5.41) is 37.6. The summed E-state index contributed by atoms with van der Waals surface area (Å²) < 4.78 is -2.47. The number of aliphatic imine (C=N–C) groups is 1. The van der Waals surface area contributed by atoms with E-state index in [-0.39, 0.29) is 56.3 Å². The zero-order valence-electron chi connectivity index (χ0n) is 38.6. The molecule has 368 valence electrons. The summed E-state index contributed by atoms with van der Waals surface area (Å²) in [4.78, 5) is 112. The predicted octanol–water partition coefficient (Wildman–Crippen LogP) is -0.702. The van der Waals surface area contributed by atoms with E-state index >= 15 is 0 Å². The van der Waals surface area contributed by atoms with E-state index in [2.05, 4.69) is 42.2 Å². The van der Waals surface area contributed by atoms with Crippen molar-refractivity contribution in [2.45, 2.75) is 119 Å². The highest BCUT2D eigenvalue weighted by atomic mass is 33.1. The van der Waals surface area contributed by atoms with E-state index < -0.39 is 106 Å². The van der Waals surface area contributed by atoms with Gasteiger partial charge < -0.3 is 64.6 Å². The van der Waals surface area contributed by atoms with Crippen LogP contribution < -0.4 is 54.4 Å². The van der Waals surface area contributed by atoms with Gasteiger partial charge in [-0.3, -0.25) is 38.6 Å². The van der Waals surface area contributed by atoms with Crippen LogP contribution in [-0.2, 0) is 51.2 Å². The number of rotatable bonds is 19. The van der Waals surface area contributed by atoms with Gasteiger partial charge in [-0.05, 0) is 82.6 Å². The Morgan fingerprint density at radius 3 is 2.10 bits per heavy atom. The van der Waals surface area contributed by atoms with Crippen molar-refractivity contribution in [2.24, 2.45) is 28.1 Å². The quantitative estimate of drug-likeness (QED) is 0.0358. The summed E-state index contributed by atoms with van der Waals surface area (Å²) in [5.41, 5.74) is 18.6. The molecule has 3 rings (SSSR count). The summed E-state index contributed by atoms with van der Waals surface area (Å²) in [6.45, 7) is 9.08. The van der Waals surface area contributed by atoms with Gasteiger partial charge in [0, 0.05) is 22.5 Å². The molecule has 0 saturated carbocycles. The Kier molecular flexibility index (Phi) is 21.2. The van der Waals surface area contributed by atoms with Gasteiger partial charge in [-0.25, -0.2) is 4.79 Å². The molecular formula is C44H65N11O10S2. The highest BCUT2D eigenvalue weighted by Gasteiger charge is 2.45. The van der Waals surface area contributed by atoms with Crippen molar-refractivity contribution in [3.63, 3.8) is 0 Å². The topological polar surface area (TPSA) is 352 Å². The average Bonchev–Trinajstić information content (AvgIpc) is 3.25. The maximum atomic E-state index is 14.6. The fraction of sp³-hybridized carbons (Fsp3) is 0.523. The fourth-order valence-electron chi connectivity index (χ4n) is 6.72. The molecule has 0 aliphatic carbocycles. The van der Waals surface area contributed by atoms with Crippen molar-refractivity contribution in [3.05, 3.63) is 65.7 Å². The van der Waals surface area contributed by atoms with Gasteiger partial charge in [0.2, 0.25) is 41.4 Å². The molecule has 1 saturated heterocycles. The van der Waals surface area contributed by atoms with Gasteiger partial charge >= 0.3 is 5.97 Å². The first-order valence-corrected chi connectivity index (χ1v) is 23.8. The highest BCUT2D eigenvalue weighted by Crippen LogP contribution is 2.46. The van der Waals surface area contributed by atoms with Crippen LogP contribution >= 0.6 is 21.6 Å². The Bertz CT molecular complexity index is 2090. The number of phenolic OH excluding ortho intramolecular Hbond substituents is 1. The van der Waals surface area contributed by atoms with Gasteiger partial charge in [0.1, 0.15) is 36.0 Å². The molecule has 23 heteroatoms. The van der Waals surface area contributed by atoms with Crippen LogP contribution in [0.5, 0.6) is 5.75 Å². The molecule has 2 aromatic carbocycles. The van der Waals surface area contributed by atoms with Crippen LogP contribution in [0.4, 0.5) is 0 Å². The zero-order chi connectivity index (χ0) is 50.1. The Hall–Kier alpha value is -6.07. The molecule has 2 aromatic rings. The maximum Gasteiger partial charge on any atom is 0.326 e. The molecule has 0 bridgehead atoms. The van der Waals surface area contributed by atoms with E-state index in [1.165, 1.54) is 12.1 Å². The maximum absolute atomic E-state index is 14.6. The lowest BCUT2D eigenvalue weighted by atomic mass is 9.99. The Balaban J connectivity index is 2.00. The van der Waals surface area contributed by atoms with Crippen LogP contribution in [-0.4, -0.2) is 129 Å². The van der Waals surface area contributed by atoms with E-state index in [0.717, 1.165) is 21.6 Å². The Morgan fingerprint density at radius 2 is 1.49 bits per heavy atom. The minimum atomic E-state index is -1.45. The third-order valence-electron chi connectivity index (χ3n) is 10.4. The zero-order valence-corrected chi connectivity index (χ0v) is 40.2. The van der Waals surface area contributed by atoms with Crippen LogP contribution in [0.15, 0.2) is 59.6 Å². The number of nitrogens with one attached hydrogen (secondary N) is 7. The van der Waals surface area contributed by atoms with Crippen LogP contribution in [0.1, 0.15) is 71.9 Å². The van der Waals surface area contributed by atoms with Crippen LogP contribution in [0, 0.1) is 5.92 Å². The molecule has 1 fully saturated rings. The third-order valence-corrected chi connectivity index (χ3v) is 14.6. The van der Waals surface area contributed by atoms with Gasteiger partial charge in [0.15, 0.2) is 5.96 Å². The second-order valence-corrected chi connectivity index (χ2v) is 21.0. The van der Waals surface area contributed by atoms with Crippen LogP contribution in [0.2, 0.25) is 0 Å². The molecule has 0 spiro atoms. The number of aromatic hydroxyl groups is 1. The first-order valence-electron chi connectivity index (χ1n) is 21.7. The van der Waals surface area contributed by atoms with E-state index in [1.54, 1.807) is 84.0 Å². The monoisotopic (exact) mass is 971 g/mol. The molecule has 7 amide bonds. The number of carbonyl (C=O) groups is 8. The first kappa shape index (κ1) is 55.3. The van der Waals surface area contributed by atoms with Gasteiger partial charge in [-0.2, -0.15) is 0 Å². The number of hydrogen-bond donors (Lipinski definition) is 12. The predicted molar refractivity (Wildman–Crippen MR) is 256 cm³/mol. The van der Waals surface area contributed by atoms with Crippen molar-refractivity contribution in [1.29, 1.82) is 0 Å². The van der Waals surface area contributed by atoms with Crippen LogP contribution in [0.25, 0.3) is 0 Å². The number of guanidine groups is 1. The van der Waals surface area contributed by atoms with E-state index in [4.69, 9.17) is 17.2 Å². The number of hydrogen-bond acceptors (Lipinski definition) is 13. The molecule has 0 radical (unpaired) electrons. The molecular weight excluding hydrogens is 907 g/mol. The largest absolute Gasteiger partial charge is 0.508 e. The number of carboxylic acids is 1. The van der Waals surface area contributed by atoms with Crippen molar-refractivity contribution in [1.82, 2.24) is 37.2 Å². The summed E-state index contributed by atoms with van der Waals surface area (Å²) in [6, 6.07) is 7.20. The van der Waals surface area contributed by atoms with E-state index in [0.29, 0.717) is 11.1 Å². The van der Waals surface area contributed by atoms with E-state index in [9.17, 15) is 48.6 Å². The number of aliphatic carboxylic acids is 1. The van der Waals surface area contributed by atoms with Gasteiger partial charge in [-0.1, -0.05) is 77.9 Å². The Labute approximate surface area is 397 Å². The normalized spacial score (nSPS) is 19.9. The molecule has 21 nitrogen and oxygen atoms in total. The molecule has 0 unspecified atom stereocenters. The smallest absolute Gasteiger partial charge is 0.326 e. The second kappa shape index (κ2) is 25.7. The summed E-state index contributed by atoms with van der Waals surface area (Å²) in [5.74, 6) is -6.81. The molecule has 1 aliphatic rings. The molecule has 1 aliphatic heterocycles. The lowest BCUT2D eigenvalue weighted by Gasteiger charge is -2.39. The van der Waals surface area contributed by atoms with Gasteiger partial charge in [0.25, 0.3) is 0 Å². The summed E-state index contributed by atoms with van der Waals surface area (Å²) >= 11 is 0. The second-order valence-electron chi connectivity index (χ2n) is 17.6. The number of nitrogens with two attached hydrogens (primary N) is 3. The van der Waals surface area contributed by atoms with Crippen molar-refractivity contribution < 1.29 is 48.6 Å². The van der Waals surface area contributed by atoms with Crippen molar-refractivity contribution in [2.75, 3.05) is 19.6 Å².